The van der Waals surface area contributed by atoms with Gasteiger partial charge in [0.25, 0.3) is 0 Å². The van der Waals surface area contributed by atoms with E-state index in [9.17, 15) is 9.90 Å². The van der Waals surface area contributed by atoms with Crippen molar-refractivity contribution in [2.45, 2.75) is 146 Å². The molecule has 11 heteroatoms. The average Bonchev–Trinajstić information content (AvgIpc) is 3.76. The first kappa shape index (κ1) is 31.1. The molecule has 9 aliphatic rings. The largest absolute Gasteiger partial charge is 0.481 e. The summed E-state index contributed by atoms with van der Waals surface area (Å²) in [5.74, 6) is 3.36. The molecule has 0 aromatic heterocycles. The fourth-order valence-electron chi connectivity index (χ4n) is 12.3. The molecule has 8 bridgehead atoms. The monoisotopic (exact) mass is 699 g/mol. The molecule has 249 valence electrons. The Labute approximate surface area is 276 Å². The zero-order valence-electron chi connectivity index (χ0n) is 26.1. The number of nitrogens with one attached hydrogen (secondary N) is 8. The molecule has 17 unspecified atom stereocenters. The maximum Gasteiger partial charge on any atom is 0.306 e. The van der Waals surface area contributed by atoms with Crippen LogP contribution in [0.2, 0.25) is 0 Å². The molecular formula is C33H56N8O2Rh. The van der Waals surface area contributed by atoms with Gasteiger partial charge in [0.1, 0.15) is 0 Å². The molecule has 5 heterocycles. The van der Waals surface area contributed by atoms with Gasteiger partial charge in [-0.3, -0.25) is 47.3 Å². The maximum atomic E-state index is 12.6. The third-order valence-corrected chi connectivity index (χ3v) is 14.2. The van der Waals surface area contributed by atoms with Crippen molar-refractivity contribution in [2.75, 3.05) is 0 Å². The van der Waals surface area contributed by atoms with Crippen LogP contribution in [-0.4, -0.2) is 60.4 Å². The van der Waals surface area contributed by atoms with Crippen molar-refractivity contribution in [2.24, 2.45) is 53.3 Å². The molecule has 9 N–H and O–H groups in total. The zero-order chi connectivity index (χ0) is 28.7. The Morgan fingerprint density at radius 3 is 0.977 bits per heavy atom. The number of hydrogen-bond acceptors (Lipinski definition) is 9. The number of fused-ring (bicyclic) bond motifs is 20. The molecule has 9 fully saturated rings. The Kier molecular flexibility index (Phi) is 8.94. The Bertz CT molecular complexity index is 1050. The van der Waals surface area contributed by atoms with Crippen molar-refractivity contribution in [3.63, 3.8) is 0 Å². The van der Waals surface area contributed by atoms with E-state index < -0.39 is 5.97 Å². The van der Waals surface area contributed by atoms with Gasteiger partial charge in [-0.05, 0) is 92.8 Å². The van der Waals surface area contributed by atoms with E-state index in [2.05, 4.69) is 42.5 Å². The first-order chi connectivity index (χ1) is 21.1. The molecule has 0 amide bonds. The SMILES string of the molecule is O=C(O)C1CCCC2C3NC4NC(NC5NC(NC6NC(NC(N3)C12)C1CCCCC61)C1CCCCC51)C1CCCCC41.[Rh]. The molecule has 0 aromatic rings. The molecule has 1 radical (unpaired) electrons. The number of aliphatic carboxylic acids is 1. The predicted molar refractivity (Wildman–Crippen MR) is 164 cm³/mol. The third-order valence-electron chi connectivity index (χ3n) is 14.2. The van der Waals surface area contributed by atoms with E-state index in [4.69, 9.17) is 0 Å². The van der Waals surface area contributed by atoms with Crippen molar-refractivity contribution in [1.29, 1.82) is 0 Å². The molecule has 5 aliphatic heterocycles. The van der Waals surface area contributed by atoms with E-state index in [0.717, 1.165) is 19.3 Å². The summed E-state index contributed by atoms with van der Waals surface area (Å²) in [6.45, 7) is 0. The number of carboxylic acids is 1. The average molecular weight is 700 g/mol. The van der Waals surface area contributed by atoms with Crippen LogP contribution in [0.1, 0.15) is 96.3 Å². The van der Waals surface area contributed by atoms with E-state index in [1.165, 1.54) is 77.0 Å². The molecule has 9 rings (SSSR count). The second-order valence-corrected chi connectivity index (χ2v) is 16.1. The molecule has 4 saturated carbocycles. The Balaban J connectivity index is 0.00000289. The minimum Gasteiger partial charge on any atom is -0.481 e. The quantitative estimate of drug-likeness (QED) is 0.187. The van der Waals surface area contributed by atoms with Crippen LogP contribution in [0.3, 0.4) is 0 Å². The van der Waals surface area contributed by atoms with E-state index in [0.29, 0.717) is 66.1 Å². The molecule has 5 saturated heterocycles. The fourth-order valence-corrected chi connectivity index (χ4v) is 12.3. The summed E-state index contributed by atoms with van der Waals surface area (Å²) in [6, 6.07) is 0. The van der Waals surface area contributed by atoms with Crippen LogP contribution >= 0.6 is 0 Å². The second kappa shape index (κ2) is 12.7. The Hall–Kier alpha value is -0.227. The topological polar surface area (TPSA) is 134 Å². The molecular weight excluding hydrogens is 643 g/mol. The van der Waals surface area contributed by atoms with Gasteiger partial charge < -0.3 is 5.11 Å². The van der Waals surface area contributed by atoms with E-state index in [-0.39, 0.29) is 56.0 Å². The zero-order valence-corrected chi connectivity index (χ0v) is 27.7. The van der Waals surface area contributed by atoms with Crippen LogP contribution in [-0.2, 0) is 24.3 Å². The normalized spacial score (nSPS) is 54.8. The van der Waals surface area contributed by atoms with Gasteiger partial charge in [-0.1, -0.05) is 44.9 Å². The van der Waals surface area contributed by atoms with Gasteiger partial charge in [-0.25, -0.2) is 0 Å². The van der Waals surface area contributed by atoms with Crippen LogP contribution in [0.25, 0.3) is 0 Å². The van der Waals surface area contributed by atoms with Gasteiger partial charge >= 0.3 is 5.97 Å². The predicted octanol–water partition coefficient (Wildman–Crippen LogP) is 1.91. The number of hydrogen-bond donors (Lipinski definition) is 9. The van der Waals surface area contributed by atoms with Crippen LogP contribution in [0.4, 0.5) is 0 Å². The smallest absolute Gasteiger partial charge is 0.306 e. The van der Waals surface area contributed by atoms with E-state index >= 15 is 0 Å². The molecule has 44 heavy (non-hydrogen) atoms. The number of carbonyl (C=O) groups is 1. The van der Waals surface area contributed by atoms with Crippen LogP contribution in [0.15, 0.2) is 0 Å². The van der Waals surface area contributed by atoms with Gasteiger partial charge in [-0.15, -0.1) is 0 Å². The fraction of sp³-hybridized carbons (Fsp3) is 0.970. The van der Waals surface area contributed by atoms with Crippen molar-refractivity contribution in [1.82, 2.24) is 42.5 Å². The van der Waals surface area contributed by atoms with Crippen LogP contribution in [0.5, 0.6) is 0 Å². The minimum atomic E-state index is -0.607. The summed E-state index contributed by atoms with van der Waals surface area (Å²) in [6.07, 6.45) is 20.5. The van der Waals surface area contributed by atoms with Gasteiger partial charge in [0.15, 0.2) is 0 Å². The van der Waals surface area contributed by atoms with Gasteiger partial charge in [0.2, 0.25) is 0 Å². The molecule has 4 aliphatic carbocycles. The standard InChI is InChI=1S/C33H56N8O2.Rh/c42-33(43)23-15-7-14-22-24(23)32-40-30-21-13-6-5-12-20(21)28(38-30)36-26-17-9-2-1-8-16(17)25(34-26)35-27-18-10-3-4-11-19(18)29(37-27)39-31(22)41-32;/h16-32,34-41H,1-15H2,(H,42,43);. The molecule has 10 nitrogen and oxygen atoms in total. The van der Waals surface area contributed by atoms with E-state index in [1.54, 1.807) is 0 Å². The molecule has 17 atom stereocenters. The summed E-state index contributed by atoms with van der Waals surface area (Å²) in [4.78, 5) is 12.6. The minimum absolute atomic E-state index is 0. The number of carboxylic acid groups (broad SMARTS) is 1. The summed E-state index contributed by atoms with van der Waals surface area (Å²) < 4.78 is 0. The summed E-state index contributed by atoms with van der Waals surface area (Å²) in [5.41, 5.74) is 0. The first-order valence-electron chi connectivity index (χ1n) is 18.4. The summed E-state index contributed by atoms with van der Waals surface area (Å²) >= 11 is 0. The van der Waals surface area contributed by atoms with Gasteiger partial charge in [-0.2, -0.15) is 0 Å². The Morgan fingerprint density at radius 1 is 0.386 bits per heavy atom. The van der Waals surface area contributed by atoms with Crippen molar-refractivity contribution >= 4 is 5.97 Å². The Morgan fingerprint density at radius 2 is 0.659 bits per heavy atom. The van der Waals surface area contributed by atoms with Crippen molar-refractivity contribution < 1.29 is 29.4 Å². The number of rotatable bonds is 1. The van der Waals surface area contributed by atoms with Crippen LogP contribution < -0.4 is 42.5 Å². The van der Waals surface area contributed by atoms with Gasteiger partial charge in [0, 0.05) is 25.4 Å². The van der Waals surface area contributed by atoms with Crippen LogP contribution in [0, 0.1) is 53.3 Å². The van der Waals surface area contributed by atoms with E-state index in [1.807, 2.05) is 0 Å². The first-order valence-corrected chi connectivity index (χ1v) is 18.4. The van der Waals surface area contributed by atoms with Crippen molar-refractivity contribution in [3.05, 3.63) is 0 Å². The summed E-state index contributed by atoms with van der Waals surface area (Å²) in [5, 5.41) is 43.3. The molecule has 0 spiro atoms. The van der Waals surface area contributed by atoms with Crippen molar-refractivity contribution in [3.8, 4) is 0 Å². The van der Waals surface area contributed by atoms with Gasteiger partial charge in [0.05, 0.1) is 55.2 Å². The molecule has 0 aromatic carbocycles. The maximum absolute atomic E-state index is 12.6. The summed E-state index contributed by atoms with van der Waals surface area (Å²) in [7, 11) is 0. The second-order valence-electron chi connectivity index (χ2n) is 16.1. The third kappa shape index (κ3) is 5.27.